The molecule has 6 heteroatoms. The molecule has 0 radical (unpaired) electrons. The lowest BCUT2D eigenvalue weighted by molar-refractivity contribution is -0.139. The van der Waals surface area contributed by atoms with Crippen molar-refractivity contribution < 1.29 is 18.0 Å². The fourth-order valence-electron chi connectivity index (χ4n) is 2.50. The van der Waals surface area contributed by atoms with E-state index in [4.69, 9.17) is 0 Å². The first-order valence-corrected chi connectivity index (χ1v) is 7.73. The highest BCUT2D eigenvalue weighted by Crippen LogP contribution is 2.45. The van der Waals surface area contributed by atoms with Gasteiger partial charge in [-0.15, -0.1) is 11.8 Å². The Labute approximate surface area is 126 Å². The smallest absolute Gasteiger partial charge is 0.346 e. The number of benzene rings is 1. The normalized spacial score (nSPS) is 17.7. The van der Waals surface area contributed by atoms with Crippen LogP contribution in [0.4, 0.5) is 13.2 Å². The zero-order chi connectivity index (χ0) is 15.5. The number of carbonyl (C=O) groups excluding carboxylic acids is 1. The van der Waals surface area contributed by atoms with Crippen molar-refractivity contribution in [3.05, 3.63) is 29.8 Å². The Hall–Kier alpha value is -1.17. The van der Waals surface area contributed by atoms with Gasteiger partial charge in [0.15, 0.2) is 0 Å². The summed E-state index contributed by atoms with van der Waals surface area (Å²) in [6.45, 7) is 0.706. The standard InChI is InChI=1S/C15H18F3NOS/c1-11-4-6-12(7-5-11)21-14(8-2-3-9-14)13(20)19-10-15(16,17)18/h4-7H,2-3,8-10H2,1H3,(H,19,20). The first-order chi connectivity index (χ1) is 9.81. The maximum absolute atomic E-state index is 12.3. The molecule has 0 atom stereocenters. The Morgan fingerprint density at radius 1 is 1.24 bits per heavy atom. The molecule has 0 saturated heterocycles. The van der Waals surface area contributed by atoms with Gasteiger partial charge >= 0.3 is 6.18 Å². The highest BCUT2D eigenvalue weighted by atomic mass is 32.2. The number of aryl methyl sites for hydroxylation is 1. The molecule has 1 amide bonds. The van der Waals surface area contributed by atoms with Crippen molar-refractivity contribution in [2.45, 2.75) is 48.4 Å². The van der Waals surface area contributed by atoms with Gasteiger partial charge in [-0.3, -0.25) is 4.79 Å². The van der Waals surface area contributed by atoms with Crippen LogP contribution in [-0.4, -0.2) is 23.4 Å². The van der Waals surface area contributed by atoms with E-state index in [1.54, 1.807) is 0 Å². The lowest BCUT2D eigenvalue weighted by atomic mass is 10.1. The summed E-state index contributed by atoms with van der Waals surface area (Å²) in [5.41, 5.74) is 1.11. The molecule has 21 heavy (non-hydrogen) atoms. The van der Waals surface area contributed by atoms with Crippen molar-refractivity contribution in [3.63, 3.8) is 0 Å². The Morgan fingerprint density at radius 3 is 2.33 bits per heavy atom. The van der Waals surface area contributed by atoms with E-state index >= 15 is 0 Å². The van der Waals surface area contributed by atoms with Gasteiger partial charge in [0.1, 0.15) is 6.54 Å². The Bertz CT molecular complexity index is 493. The molecule has 0 bridgehead atoms. The summed E-state index contributed by atoms with van der Waals surface area (Å²) in [4.78, 5) is 13.2. The minimum Gasteiger partial charge on any atom is -0.346 e. The van der Waals surface area contributed by atoms with E-state index in [0.717, 1.165) is 23.3 Å². The molecule has 0 heterocycles. The molecule has 116 valence electrons. The van der Waals surface area contributed by atoms with E-state index in [9.17, 15) is 18.0 Å². The second kappa shape index (κ2) is 6.30. The molecule has 0 spiro atoms. The lowest BCUT2D eigenvalue weighted by Crippen LogP contribution is -2.45. The van der Waals surface area contributed by atoms with Gasteiger partial charge in [-0.25, -0.2) is 0 Å². The minimum atomic E-state index is -4.37. The number of thioether (sulfide) groups is 1. The third-order valence-corrected chi connectivity index (χ3v) is 5.10. The molecule has 2 rings (SSSR count). The number of rotatable bonds is 4. The molecule has 0 unspecified atom stereocenters. The van der Waals surface area contributed by atoms with Crippen molar-refractivity contribution in [2.75, 3.05) is 6.54 Å². The van der Waals surface area contributed by atoms with Crippen LogP contribution >= 0.6 is 11.8 Å². The largest absolute Gasteiger partial charge is 0.405 e. The van der Waals surface area contributed by atoms with Gasteiger partial charge in [-0.05, 0) is 31.9 Å². The van der Waals surface area contributed by atoms with Gasteiger partial charge in [0, 0.05) is 4.90 Å². The predicted octanol–water partition coefficient (Wildman–Crippen LogP) is 4.08. The van der Waals surface area contributed by atoms with Crippen molar-refractivity contribution in [1.82, 2.24) is 5.32 Å². The van der Waals surface area contributed by atoms with Crippen LogP contribution in [0.2, 0.25) is 0 Å². The van der Waals surface area contributed by atoms with Crippen LogP contribution < -0.4 is 5.32 Å². The molecule has 0 aromatic heterocycles. The molecule has 1 N–H and O–H groups in total. The third kappa shape index (κ3) is 4.40. The summed E-state index contributed by atoms with van der Waals surface area (Å²) < 4.78 is 36.1. The number of amides is 1. The van der Waals surface area contributed by atoms with Gasteiger partial charge in [-0.2, -0.15) is 13.2 Å². The zero-order valence-corrected chi connectivity index (χ0v) is 12.6. The fraction of sp³-hybridized carbons (Fsp3) is 0.533. The number of alkyl halides is 3. The molecular weight excluding hydrogens is 299 g/mol. The molecule has 1 saturated carbocycles. The van der Waals surface area contributed by atoms with E-state index in [0.29, 0.717) is 12.8 Å². The van der Waals surface area contributed by atoms with Crippen LogP contribution in [0.25, 0.3) is 0 Å². The van der Waals surface area contributed by atoms with Gasteiger partial charge in [0.05, 0.1) is 4.75 Å². The van der Waals surface area contributed by atoms with E-state index in [2.05, 4.69) is 5.32 Å². The van der Waals surface area contributed by atoms with Crippen LogP contribution in [0.15, 0.2) is 29.2 Å². The minimum absolute atomic E-state index is 0.497. The monoisotopic (exact) mass is 317 g/mol. The molecule has 0 aliphatic heterocycles. The van der Waals surface area contributed by atoms with Crippen LogP contribution in [0.1, 0.15) is 31.2 Å². The number of hydrogen-bond acceptors (Lipinski definition) is 2. The molecule has 1 aromatic carbocycles. The van der Waals surface area contributed by atoms with Gasteiger partial charge in [-0.1, -0.05) is 30.5 Å². The number of halogens is 3. The Morgan fingerprint density at radius 2 is 1.81 bits per heavy atom. The first-order valence-electron chi connectivity index (χ1n) is 6.91. The molecule has 2 nitrogen and oxygen atoms in total. The van der Waals surface area contributed by atoms with E-state index in [1.165, 1.54) is 11.8 Å². The Balaban J connectivity index is 2.09. The fourth-order valence-corrected chi connectivity index (χ4v) is 3.88. The van der Waals surface area contributed by atoms with Crippen molar-refractivity contribution in [2.24, 2.45) is 0 Å². The Kier molecular flexibility index (Phi) is 4.86. The van der Waals surface area contributed by atoms with E-state index in [-0.39, 0.29) is 0 Å². The summed E-state index contributed by atoms with van der Waals surface area (Å²) in [5.74, 6) is -0.497. The summed E-state index contributed by atoms with van der Waals surface area (Å²) >= 11 is 1.39. The molecule has 1 aliphatic rings. The quantitative estimate of drug-likeness (QED) is 0.906. The highest BCUT2D eigenvalue weighted by molar-refractivity contribution is 8.01. The molecular formula is C15H18F3NOS. The third-order valence-electron chi connectivity index (χ3n) is 3.61. The number of carbonyl (C=O) groups is 1. The lowest BCUT2D eigenvalue weighted by Gasteiger charge is -2.27. The molecule has 1 aromatic rings. The predicted molar refractivity (Wildman–Crippen MR) is 77.3 cm³/mol. The van der Waals surface area contributed by atoms with E-state index < -0.39 is 23.4 Å². The second-order valence-electron chi connectivity index (χ2n) is 5.41. The summed E-state index contributed by atoms with van der Waals surface area (Å²) in [6.07, 6.45) is -1.38. The number of hydrogen-bond donors (Lipinski definition) is 1. The van der Waals surface area contributed by atoms with Crippen molar-refractivity contribution in [3.8, 4) is 0 Å². The van der Waals surface area contributed by atoms with Crippen molar-refractivity contribution >= 4 is 17.7 Å². The van der Waals surface area contributed by atoms with Crippen LogP contribution in [0.5, 0.6) is 0 Å². The maximum Gasteiger partial charge on any atom is 0.405 e. The highest BCUT2D eigenvalue weighted by Gasteiger charge is 2.43. The maximum atomic E-state index is 12.3. The van der Waals surface area contributed by atoms with E-state index in [1.807, 2.05) is 31.2 Å². The van der Waals surface area contributed by atoms with Crippen LogP contribution in [0, 0.1) is 6.92 Å². The second-order valence-corrected chi connectivity index (χ2v) is 6.87. The summed E-state index contributed by atoms with van der Waals surface area (Å²) in [7, 11) is 0. The SMILES string of the molecule is Cc1ccc(SC2(C(=O)NCC(F)(F)F)CCCC2)cc1. The molecule has 1 fully saturated rings. The summed E-state index contributed by atoms with van der Waals surface area (Å²) in [6, 6.07) is 7.71. The van der Waals surface area contributed by atoms with Gasteiger partial charge in [0.25, 0.3) is 0 Å². The average molecular weight is 317 g/mol. The van der Waals surface area contributed by atoms with Crippen LogP contribution in [0.3, 0.4) is 0 Å². The van der Waals surface area contributed by atoms with Crippen molar-refractivity contribution in [1.29, 1.82) is 0 Å². The van der Waals surface area contributed by atoms with Gasteiger partial charge in [0.2, 0.25) is 5.91 Å². The molecule has 1 aliphatic carbocycles. The van der Waals surface area contributed by atoms with Crippen LogP contribution in [-0.2, 0) is 4.79 Å². The first kappa shape index (κ1) is 16.2. The number of nitrogens with one attached hydrogen (secondary N) is 1. The zero-order valence-electron chi connectivity index (χ0n) is 11.8. The topological polar surface area (TPSA) is 29.1 Å². The van der Waals surface area contributed by atoms with Gasteiger partial charge < -0.3 is 5.32 Å². The average Bonchev–Trinajstić information content (AvgIpc) is 2.88. The summed E-state index contributed by atoms with van der Waals surface area (Å²) in [5, 5.41) is 2.05.